The molecule has 0 aliphatic carbocycles. The van der Waals surface area contributed by atoms with Gasteiger partial charge in [0.05, 0.1) is 6.61 Å². The van der Waals surface area contributed by atoms with Crippen molar-refractivity contribution in [2.24, 2.45) is 0 Å². The molecule has 0 spiro atoms. The lowest BCUT2D eigenvalue weighted by atomic mass is 10.1. The molecular formula is C19H30O3. The van der Waals surface area contributed by atoms with Crippen LogP contribution < -0.4 is 4.74 Å². The minimum Gasteiger partial charge on any atom is -0.494 e. The van der Waals surface area contributed by atoms with Gasteiger partial charge in [-0.05, 0) is 30.7 Å². The fourth-order valence-electron chi connectivity index (χ4n) is 2.43. The fraction of sp³-hybridized carbons (Fsp3) is 0.632. The quantitative estimate of drug-likeness (QED) is 0.422. The maximum Gasteiger partial charge on any atom is 0.188 e. The van der Waals surface area contributed by atoms with Gasteiger partial charge < -0.3 is 9.84 Å². The molecule has 0 aliphatic rings. The highest BCUT2D eigenvalue weighted by atomic mass is 16.5. The summed E-state index contributed by atoms with van der Waals surface area (Å²) in [5.41, 5.74) is 0.526. The second-order valence-electron chi connectivity index (χ2n) is 5.78. The van der Waals surface area contributed by atoms with Gasteiger partial charge in [0.2, 0.25) is 0 Å². The molecule has 0 heterocycles. The van der Waals surface area contributed by atoms with Crippen LogP contribution in [0.4, 0.5) is 0 Å². The van der Waals surface area contributed by atoms with E-state index in [2.05, 4.69) is 6.92 Å². The van der Waals surface area contributed by atoms with Crippen LogP contribution in [0.15, 0.2) is 24.3 Å². The van der Waals surface area contributed by atoms with Crippen LogP contribution in [0.3, 0.4) is 0 Å². The number of hydrogen-bond acceptors (Lipinski definition) is 3. The smallest absolute Gasteiger partial charge is 0.188 e. The van der Waals surface area contributed by atoms with E-state index in [0.29, 0.717) is 5.56 Å². The second-order valence-corrected chi connectivity index (χ2v) is 5.78. The molecule has 124 valence electrons. The Bertz CT molecular complexity index is 398. The van der Waals surface area contributed by atoms with Crippen LogP contribution in [0.25, 0.3) is 0 Å². The van der Waals surface area contributed by atoms with E-state index in [0.717, 1.165) is 18.8 Å². The van der Waals surface area contributed by atoms with Crippen LogP contribution in [0, 0.1) is 0 Å². The number of aliphatic hydroxyl groups excluding tert-OH is 1. The zero-order valence-corrected chi connectivity index (χ0v) is 13.9. The molecule has 0 saturated carbocycles. The van der Waals surface area contributed by atoms with Gasteiger partial charge in [-0.2, -0.15) is 0 Å². The van der Waals surface area contributed by atoms with Crippen molar-refractivity contribution < 1.29 is 14.6 Å². The summed E-state index contributed by atoms with van der Waals surface area (Å²) < 4.78 is 5.66. The van der Waals surface area contributed by atoms with Gasteiger partial charge in [0.15, 0.2) is 5.78 Å². The summed E-state index contributed by atoms with van der Waals surface area (Å²) in [6.45, 7) is 2.53. The van der Waals surface area contributed by atoms with Crippen LogP contribution in [0.5, 0.6) is 5.75 Å². The van der Waals surface area contributed by atoms with Crippen LogP contribution >= 0.6 is 0 Å². The van der Waals surface area contributed by atoms with Crippen molar-refractivity contribution in [3.05, 3.63) is 29.8 Å². The van der Waals surface area contributed by atoms with E-state index < -0.39 is 6.61 Å². The van der Waals surface area contributed by atoms with E-state index in [1.54, 1.807) is 24.3 Å². The van der Waals surface area contributed by atoms with E-state index in [9.17, 15) is 4.79 Å². The SMILES string of the molecule is CCCCCCCCCCCOc1ccc(C(=O)CO)cc1. The first-order chi connectivity index (χ1) is 10.8. The number of benzene rings is 1. The molecule has 3 heteroatoms. The maximum absolute atomic E-state index is 11.3. The third-order valence-corrected chi connectivity index (χ3v) is 3.84. The molecule has 22 heavy (non-hydrogen) atoms. The Morgan fingerprint density at radius 1 is 0.909 bits per heavy atom. The first-order valence-electron chi connectivity index (χ1n) is 8.65. The van der Waals surface area contributed by atoms with Gasteiger partial charge in [0.25, 0.3) is 0 Å². The number of unbranched alkanes of at least 4 members (excludes halogenated alkanes) is 8. The molecule has 1 aromatic rings. The van der Waals surface area contributed by atoms with E-state index in [-0.39, 0.29) is 5.78 Å². The number of Topliss-reactive ketones (excluding diaryl/α,β-unsaturated/α-hetero) is 1. The molecule has 0 atom stereocenters. The maximum atomic E-state index is 11.3. The molecular weight excluding hydrogens is 276 g/mol. The predicted molar refractivity (Wildman–Crippen MR) is 90.6 cm³/mol. The molecule has 1 N–H and O–H groups in total. The largest absolute Gasteiger partial charge is 0.494 e. The number of hydrogen-bond donors (Lipinski definition) is 1. The molecule has 0 bridgehead atoms. The van der Waals surface area contributed by atoms with Crippen LogP contribution in [-0.2, 0) is 0 Å². The first kappa shape index (κ1) is 18.7. The lowest BCUT2D eigenvalue weighted by Gasteiger charge is -2.07. The number of carbonyl (C=O) groups excluding carboxylic acids is 1. The number of ether oxygens (including phenoxy) is 1. The first-order valence-corrected chi connectivity index (χ1v) is 8.65. The molecule has 0 radical (unpaired) electrons. The monoisotopic (exact) mass is 306 g/mol. The Balaban J connectivity index is 2.01. The Kier molecular flexibility index (Phi) is 10.4. The van der Waals surface area contributed by atoms with Crippen molar-refractivity contribution in [3.8, 4) is 5.75 Å². The Morgan fingerprint density at radius 2 is 1.45 bits per heavy atom. The molecule has 0 unspecified atom stereocenters. The molecule has 3 nitrogen and oxygen atoms in total. The van der Waals surface area contributed by atoms with Crippen molar-refractivity contribution in [2.75, 3.05) is 13.2 Å². The van der Waals surface area contributed by atoms with Gasteiger partial charge in [-0.25, -0.2) is 0 Å². The molecule has 0 amide bonds. The topological polar surface area (TPSA) is 46.5 Å². The van der Waals surface area contributed by atoms with Gasteiger partial charge >= 0.3 is 0 Å². The van der Waals surface area contributed by atoms with Crippen LogP contribution in [0.1, 0.15) is 75.1 Å². The average molecular weight is 306 g/mol. The number of rotatable bonds is 13. The highest BCUT2D eigenvalue weighted by molar-refractivity contribution is 5.96. The van der Waals surface area contributed by atoms with E-state index >= 15 is 0 Å². The lowest BCUT2D eigenvalue weighted by Crippen LogP contribution is -2.04. The summed E-state index contributed by atoms with van der Waals surface area (Å²) in [6, 6.07) is 6.97. The Labute approximate surface area is 134 Å². The van der Waals surface area contributed by atoms with Crippen molar-refractivity contribution in [1.82, 2.24) is 0 Å². The summed E-state index contributed by atoms with van der Waals surface area (Å²) in [5, 5.41) is 8.78. The van der Waals surface area contributed by atoms with E-state index in [1.165, 1.54) is 51.4 Å². The molecule has 0 saturated heterocycles. The van der Waals surface area contributed by atoms with E-state index in [1.807, 2.05) is 0 Å². The van der Waals surface area contributed by atoms with Crippen molar-refractivity contribution in [2.45, 2.75) is 64.7 Å². The Morgan fingerprint density at radius 3 is 2.00 bits per heavy atom. The second kappa shape index (κ2) is 12.2. The standard InChI is InChI=1S/C19H30O3/c1-2-3-4-5-6-7-8-9-10-15-22-18-13-11-17(12-14-18)19(21)16-20/h11-14,20H,2-10,15-16H2,1H3. The third kappa shape index (κ3) is 8.18. The zero-order chi connectivity index (χ0) is 16.0. The molecule has 1 aromatic carbocycles. The fourth-order valence-corrected chi connectivity index (χ4v) is 2.43. The normalized spacial score (nSPS) is 10.6. The molecule has 1 rings (SSSR count). The van der Waals surface area contributed by atoms with Gasteiger partial charge in [-0.1, -0.05) is 58.3 Å². The lowest BCUT2D eigenvalue weighted by molar-refractivity contribution is 0.0903. The van der Waals surface area contributed by atoms with Crippen LogP contribution in [0.2, 0.25) is 0 Å². The van der Waals surface area contributed by atoms with Crippen molar-refractivity contribution in [1.29, 1.82) is 0 Å². The summed E-state index contributed by atoms with van der Waals surface area (Å²) in [7, 11) is 0. The Hall–Kier alpha value is -1.35. The summed E-state index contributed by atoms with van der Waals surface area (Å²) in [4.78, 5) is 11.3. The third-order valence-electron chi connectivity index (χ3n) is 3.84. The summed E-state index contributed by atoms with van der Waals surface area (Å²) in [5.74, 6) is 0.527. The van der Waals surface area contributed by atoms with Gasteiger partial charge in [0, 0.05) is 5.56 Å². The molecule has 0 aromatic heterocycles. The van der Waals surface area contributed by atoms with Gasteiger partial charge in [-0.3, -0.25) is 4.79 Å². The van der Waals surface area contributed by atoms with Crippen LogP contribution in [-0.4, -0.2) is 24.1 Å². The van der Waals surface area contributed by atoms with E-state index in [4.69, 9.17) is 9.84 Å². The van der Waals surface area contributed by atoms with Crippen molar-refractivity contribution >= 4 is 5.78 Å². The van der Waals surface area contributed by atoms with Gasteiger partial charge in [0.1, 0.15) is 12.4 Å². The highest BCUT2D eigenvalue weighted by Gasteiger charge is 2.03. The minimum atomic E-state index is -0.446. The molecule has 0 fully saturated rings. The zero-order valence-electron chi connectivity index (χ0n) is 13.9. The van der Waals surface area contributed by atoms with Gasteiger partial charge in [-0.15, -0.1) is 0 Å². The summed E-state index contributed by atoms with van der Waals surface area (Å²) >= 11 is 0. The number of carbonyl (C=O) groups is 1. The molecule has 0 aliphatic heterocycles. The highest BCUT2D eigenvalue weighted by Crippen LogP contribution is 2.14. The predicted octanol–water partition coefficient (Wildman–Crippen LogP) is 4.77. The number of aliphatic hydroxyl groups is 1. The van der Waals surface area contributed by atoms with Crippen molar-refractivity contribution in [3.63, 3.8) is 0 Å². The summed E-state index contributed by atoms with van der Waals surface area (Å²) in [6.07, 6.45) is 11.7. The number of ketones is 1. The average Bonchev–Trinajstić information content (AvgIpc) is 2.56. The minimum absolute atomic E-state index is 0.259.